The summed E-state index contributed by atoms with van der Waals surface area (Å²) in [6.45, 7) is 6.97. The number of fused-ring (bicyclic) bond motifs is 1. The molecular weight excluding hydrogens is 324 g/mol. The van der Waals surface area contributed by atoms with E-state index in [2.05, 4.69) is 15.9 Å². The Morgan fingerprint density at radius 3 is 2.50 bits per heavy atom. The molecule has 1 unspecified atom stereocenters. The second kappa shape index (κ2) is 6.04. The van der Waals surface area contributed by atoms with Crippen molar-refractivity contribution in [3.63, 3.8) is 0 Å². The van der Waals surface area contributed by atoms with Gasteiger partial charge in [0.1, 0.15) is 0 Å². The maximum atomic E-state index is 11.4. The number of benzene rings is 1. The van der Waals surface area contributed by atoms with Crippen LogP contribution in [0, 0.1) is 0 Å². The Hall–Kier alpha value is -1.23. The fourth-order valence-corrected chi connectivity index (χ4v) is 3.22. The van der Waals surface area contributed by atoms with E-state index in [9.17, 15) is 9.90 Å². The van der Waals surface area contributed by atoms with Crippen molar-refractivity contribution < 1.29 is 19.4 Å². The van der Waals surface area contributed by atoms with Crippen LogP contribution in [0.4, 0.5) is 0 Å². The molecule has 1 aliphatic rings. The van der Waals surface area contributed by atoms with Gasteiger partial charge in [-0.25, -0.2) is 0 Å². The molecule has 5 heteroatoms. The van der Waals surface area contributed by atoms with E-state index in [-0.39, 0.29) is 5.92 Å². The molecule has 1 aliphatic heterocycles. The lowest BCUT2D eigenvalue weighted by molar-refractivity contribution is -0.138. The minimum Gasteiger partial charge on any atom is -0.490 e. The Labute approximate surface area is 127 Å². The van der Waals surface area contributed by atoms with Gasteiger partial charge in [0.25, 0.3) is 0 Å². The van der Waals surface area contributed by atoms with Gasteiger partial charge in [0.2, 0.25) is 0 Å². The van der Waals surface area contributed by atoms with Gasteiger partial charge >= 0.3 is 5.97 Å². The molecule has 0 saturated heterocycles. The van der Waals surface area contributed by atoms with Crippen LogP contribution in [-0.2, 0) is 4.79 Å². The first-order valence-electron chi connectivity index (χ1n) is 6.78. The molecule has 1 aromatic carbocycles. The predicted octanol–water partition coefficient (Wildman–Crippen LogP) is 3.92. The maximum absolute atomic E-state index is 11.4. The Kier molecular flexibility index (Phi) is 4.58. The van der Waals surface area contributed by atoms with Crippen molar-refractivity contribution >= 4 is 21.9 Å². The number of rotatable bonds is 3. The first-order chi connectivity index (χ1) is 9.43. The second-order valence-electron chi connectivity index (χ2n) is 5.28. The molecule has 0 saturated carbocycles. The monoisotopic (exact) mass is 342 g/mol. The SMILES string of the molecule is CC(C)c1c2c(cc(Br)c1C(C)C(=O)O)OCCCO2. The Balaban J connectivity index is 2.67. The van der Waals surface area contributed by atoms with Gasteiger partial charge in [0.15, 0.2) is 11.5 Å². The van der Waals surface area contributed by atoms with E-state index in [0.717, 1.165) is 22.0 Å². The van der Waals surface area contributed by atoms with Gasteiger partial charge in [-0.2, -0.15) is 0 Å². The quantitative estimate of drug-likeness (QED) is 0.904. The Bertz CT molecular complexity index is 525. The average Bonchev–Trinajstić information content (AvgIpc) is 2.60. The van der Waals surface area contributed by atoms with Gasteiger partial charge in [-0.05, 0) is 24.5 Å². The lowest BCUT2D eigenvalue weighted by Crippen LogP contribution is -2.13. The van der Waals surface area contributed by atoms with Crippen molar-refractivity contribution in [2.45, 2.75) is 39.0 Å². The van der Waals surface area contributed by atoms with Crippen molar-refractivity contribution in [1.29, 1.82) is 0 Å². The van der Waals surface area contributed by atoms with Gasteiger partial charge in [-0.15, -0.1) is 0 Å². The van der Waals surface area contributed by atoms with Gasteiger partial charge in [0.05, 0.1) is 19.1 Å². The summed E-state index contributed by atoms with van der Waals surface area (Å²) < 4.78 is 12.3. The number of carboxylic acid groups (broad SMARTS) is 1. The fourth-order valence-electron chi connectivity index (χ4n) is 2.45. The number of halogens is 1. The number of hydrogen-bond acceptors (Lipinski definition) is 3. The molecule has 1 aromatic rings. The Morgan fingerprint density at radius 2 is 1.90 bits per heavy atom. The number of aliphatic carboxylic acids is 1. The molecule has 0 fully saturated rings. The summed E-state index contributed by atoms with van der Waals surface area (Å²) in [5.41, 5.74) is 1.70. The lowest BCUT2D eigenvalue weighted by Gasteiger charge is -2.23. The number of hydrogen-bond donors (Lipinski definition) is 1. The van der Waals surface area contributed by atoms with E-state index in [1.807, 2.05) is 19.9 Å². The minimum atomic E-state index is -0.845. The summed E-state index contributed by atoms with van der Waals surface area (Å²) in [4.78, 5) is 11.4. The first kappa shape index (κ1) is 15.2. The summed E-state index contributed by atoms with van der Waals surface area (Å²) in [5.74, 6) is 0.101. The van der Waals surface area contributed by atoms with Crippen molar-refractivity contribution in [1.82, 2.24) is 0 Å². The van der Waals surface area contributed by atoms with Crippen LogP contribution in [0.15, 0.2) is 10.5 Å². The molecule has 0 aliphatic carbocycles. The lowest BCUT2D eigenvalue weighted by atomic mass is 9.88. The molecule has 4 nitrogen and oxygen atoms in total. The Morgan fingerprint density at radius 1 is 1.25 bits per heavy atom. The molecule has 110 valence electrons. The van der Waals surface area contributed by atoms with Crippen molar-refractivity contribution in [3.8, 4) is 11.5 Å². The molecule has 0 radical (unpaired) electrons. The van der Waals surface area contributed by atoms with Crippen molar-refractivity contribution in [2.24, 2.45) is 0 Å². The van der Waals surface area contributed by atoms with E-state index in [1.54, 1.807) is 6.92 Å². The van der Waals surface area contributed by atoms with E-state index >= 15 is 0 Å². The first-order valence-corrected chi connectivity index (χ1v) is 7.57. The van der Waals surface area contributed by atoms with Crippen LogP contribution in [0.5, 0.6) is 11.5 Å². The van der Waals surface area contributed by atoms with Gasteiger partial charge in [0, 0.05) is 16.5 Å². The zero-order valence-corrected chi connectivity index (χ0v) is 13.5. The van der Waals surface area contributed by atoms with Crippen LogP contribution in [0.1, 0.15) is 50.2 Å². The summed E-state index contributed by atoms with van der Waals surface area (Å²) in [6.07, 6.45) is 0.827. The molecule has 0 amide bonds. The summed E-state index contributed by atoms with van der Waals surface area (Å²) >= 11 is 3.49. The van der Waals surface area contributed by atoms with Gasteiger partial charge in [-0.1, -0.05) is 29.8 Å². The number of carbonyl (C=O) groups is 1. The van der Waals surface area contributed by atoms with Crippen molar-refractivity contribution in [3.05, 3.63) is 21.7 Å². The van der Waals surface area contributed by atoms with Crippen LogP contribution in [0.25, 0.3) is 0 Å². The van der Waals surface area contributed by atoms with E-state index in [4.69, 9.17) is 9.47 Å². The average molecular weight is 343 g/mol. The molecule has 0 spiro atoms. The highest BCUT2D eigenvalue weighted by Gasteiger charge is 2.28. The summed E-state index contributed by atoms with van der Waals surface area (Å²) in [5, 5.41) is 9.33. The standard InChI is InChI=1S/C15H19BrO4/c1-8(2)12-13(9(3)15(17)18)10(16)7-11-14(12)20-6-4-5-19-11/h7-9H,4-6H2,1-3H3,(H,17,18). The highest BCUT2D eigenvalue weighted by Crippen LogP contribution is 2.45. The molecule has 2 rings (SSSR count). The molecule has 0 aromatic heterocycles. The van der Waals surface area contributed by atoms with Gasteiger partial charge in [-0.3, -0.25) is 4.79 Å². The van der Waals surface area contributed by atoms with E-state index in [1.165, 1.54) is 0 Å². The highest BCUT2D eigenvalue weighted by atomic mass is 79.9. The smallest absolute Gasteiger partial charge is 0.310 e. The van der Waals surface area contributed by atoms with Gasteiger partial charge < -0.3 is 14.6 Å². The topological polar surface area (TPSA) is 55.8 Å². The maximum Gasteiger partial charge on any atom is 0.310 e. The zero-order chi connectivity index (χ0) is 14.9. The van der Waals surface area contributed by atoms with Crippen LogP contribution in [-0.4, -0.2) is 24.3 Å². The molecule has 0 bridgehead atoms. The molecule has 20 heavy (non-hydrogen) atoms. The normalized spacial score (nSPS) is 15.8. The van der Waals surface area contributed by atoms with Crippen molar-refractivity contribution in [2.75, 3.05) is 13.2 Å². The molecular formula is C15H19BrO4. The third-order valence-electron chi connectivity index (χ3n) is 3.45. The van der Waals surface area contributed by atoms with Crippen LogP contribution in [0.2, 0.25) is 0 Å². The zero-order valence-electron chi connectivity index (χ0n) is 11.9. The van der Waals surface area contributed by atoms with E-state index in [0.29, 0.717) is 24.7 Å². The van der Waals surface area contributed by atoms with Crippen LogP contribution >= 0.6 is 15.9 Å². The second-order valence-corrected chi connectivity index (χ2v) is 6.13. The fraction of sp³-hybridized carbons (Fsp3) is 0.533. The molecule has 1 heterocycles. The van der Waals surface area contributed by atoms with E-state index < -0.39 is 11.9 Å². The molecule has 1 atom stereocenters. The summed E-state index contributed by atoms with van der Waals surface area (Å²) in [7, 11) is 0. The minimum absolute atomic E-state index is 0.153. The molecule has 1 N–H and O–H groups in total. The largest absolute Gasteiger partial charge is 0.490 e. The van der Waals surface area contributed by atoms with Crippen LogP contribution < -0.4 is 9.47 Å². The summed E-state index contributed by atoms with van der Waals surface area (Å²) in [6, 6.07) is 1.82. The number of carboxylic acids is 1. The number of ether oxygens (including phenoxy) is 2. The highest BCUT2D eigenvalue weighted by molar-refractivity contribution is 9.10. The van der Waals surface area contributed by atoms with Crippen LogP contribution in [0.3, 0.4) is 0 Å². The third kappa shape index (κ3) is 2.77. The third-order valence-corrected chi connectivity index (χ3v) is 4.10. The predicted molar refractivity (Wildman–Crippen MR) is 79.9 cm³/mol.